The van der Waals surface area contributed by atoms with E-state index < -0.39 is 22.1 Å². The maximum Gasteiger partial charge on any atom is 0.573 e. The lowest BCUT2D eigenvalue weighted by Crippen LogP contribution is -2.48. The van der Waals surface area contributed by atoms with Gasteiger partial charge in [0, 0.05) is 31.9 Å². The van der Waals surface area contributed by atoms with Crippen LogP contribution in [0, 0.1) is 5.82 Å². The highest BCUT2D eigenvalue weighted by Crippen LogP contribution is 2.26. The van der Waals surface area contributed by atoms with Gasteiger partial charge in [-0.25, -0.2) is 12.8 Å². The molecule has 0 N–H and O–H groups in total. The van der Waals surface area contributed by atoms with Crippen LogP contribution in [0.5, 0.6) is 5.75 Å². The molecule has 1 saturated heterocycles. The zero-order chi connectivity index (χ0) is 19.7. The van der Waals surface area contributed by atoms with Gasteiger partial charge >= 0.3 is 6.36 Å². The van der Waals surface area contributed by atoms with Crippen molar-refractivity contribution in [1.82, 2.24) is 4.31 Å². The molecule has 3 rings (SSSR count). The van der Waals surface area contributed by atoms with Crippen LogP contribution in [0.25, 0.3) is 0 Å². The molecule has 0 atom stereocenters. The van der Waals surface area contributed by atoms with Gasteiger partial charge in [0.15, 0.2) is 0 Å². The summed E-state index contributed by atoms with van der Waals surface area (Å²) in [6.07, 6.45) is -4.84. The highest BCUT2D eigenvalue weighted by molar-refractivity contribution is 7.89. The number of rotatable bonds is 4. The fraction of sp³-hybridized carbons (Fsp3) is 0.294. The Hall–Kier alpha value is -2.33. The van der Waals surface area contributed by atoms with Gasteiger partial charge < -0.3 is 9.64 Å². The van der Waals surface area contributed by atoms with Crippen molar-refractivity contribution in [2.45, 2.75) is 11.3 Å². The van der Waals surface area contributed by atoms with E-state index in [0.29, 0.717) is 13.1 Å². The molecule has 1 heterocycles. The average Bonchev–Trinajstić information content (AvgIpc) is 2.62. The Kier molecular flexibility index (Phi) is 5.29. The van der Waals surface area contributed by atoms with Gasteiger partial charge in [-0.2, -0.15) is 4.31 Å². The zero-order valence-electron chi connectivity index (χ0n) is 14.0. The normalized spacial score (nSPS) is 16.4. The summed E-state index contributed by atoms with van der Waals surface area (Å²) >= 11 is 0. The summed E-state index contributed by atoms with van der Waals surface area (Å²) in [5.41, 5.74) is 0.794. The summed E-state index contributed by atoms with van der Waals surface area (Å²) < 4.78 is 79.9. The molecular weight excluding hydrogens is 388 g/mol. The van der Waals surface area contributed by atoms with E-state index in [9.17, 15) is 26.0 Å². The van der Waals surface area contributed by atoms with E-state index in [1.165, 1.54) is 16.4 Å². The van der Waals surface area contributed by atoms with Gasteiger partial charge in [-0.3, -0.25) is 0 Å². The number of piperazine rings is 1. The van der Waals surface area contributed by atoms with Crippen molar-refractivity contribution in [1.29, 1.82) is 0 Å². The van der Waals surface area contributed by atoms with Crippen molar-refractivity contribution in [2.75, 3.05) is 31.1 Å². The standard InChI is InChI=1S/C17H16F4N2O3S/c18-13-1-3-14(4-2-13)22-9-11-23(12-10-22)27(24,25)16-7-5-15(6-8-16)26-17(19,20)21/h1-8H,9-12H2. The summed E-state index contributed by atoms with van der Waals surface area (Å²) in [5, 5.41) is 0. The highest BCUT2D eigenvalue weighted by Gasteiger charge is 2.32. The van der Waals surface area contributed by atoms with E-state index in [2.05, 4.69) is 4.74 Å². The zero-order valence-corrected chi connectivity index (χ0v) is 14.8. The van der Waals surface area contributed by atoms with Crippen molar-refractivity contribution >= 4 is 15.7 Å². The van der Waals surface area contributed by atoms with Crippen molar-refractivity contribution in [2.24, 2.45) is 0 Å². The van der Waals surface area contributed by atoms with Crippen LogP contribution >= 0.6 is 0 Å². The average molecular weight is 404 g/mol. The van der Waals surface area contributed by atoms with E-state index in [1.807, 2.05) is 4.90 Å². The van der Waals surface area contributed by atoms with E-state index in [1.54, 1.807) is 12.1 Å². The molecule has 146 valence electrons. The monoisotopic (exact) mass is 404 g/mol. The molecule has 0 saturated carbocycles. The first kappa shape index (κ1) is 19.4. The Bertz CT molecular complexity index is 876. The lowest BCUT2D eigenvalue weighted by molar-refractivity contribution is -0.274. The Morgan fingerprint density at radius 1 is 0.852 bits per heavy atom. The molecule has 0 amide bonds. The Balaban J connectivity index is 1.67. The molecule has 1 aliphatic rings. The first-order valence-corrected chi connectivity index (χ1v) is 9.46. The number of halogens is 4. The van der Waals surface area contributed by atoms with Crippen LogP contribution in [-0.2, 0) is 10.0 Å². The van der Waals surface area contributed by atoms with Gasteiger partial charge in [0.05, 0.1) is 4.90 Å². The van der Waals surface area contributed by atoms with Crippen LogP contribution in [0.4, 0.5) is 23.2 Å². The van der Waals surface area contributed by atoms with Crippen LogP contribution in [0.3, 0.4) is 0 Å². The van der Waals surface area contributed by atoms with E-state index >= 15 is 0 Å². The fourth-order valence-corrected chi connectivity index (χ4v) is 4.22. The number of anilines is 1. The van der Waals surface area contributed by atoms with Crippen molar-refractivity contribution in [3.05, 3.63) is 54.3 Å². The van der Waals surface area contributed by atoms with Gasteiger partial charge in [0.2, 0.25) is 10.0 Å². The lowest BCUT2D eigenvalue weighted by atomic mass is 10.2. The van der Waals surface area contributed by atoms with Gasteiger partial charge in [-0.05, 0) is 48.5 Å². The third-order valence-corrected chi connectivity index (χ3v) is 6.04. The van der Waals surface area contributed by atoms with Crippen LogP contribution in [0.2, 0.25) is 0 Å². The summed E-state index contributed by atoms with van der Waals surface area (Å²) in [5.74, 6) is -0.833. The third-order valence-electron chi connectivity index (χ3n) is 4.13. The number of hydrogen-bond donors (Lipinski definition) is 0. The summed E-state index contributed by atoms with van der Waals surface area (Å²) in [6.45, 7) is 1.25. The topological polar surface area (TPSA) is 49.9 Å². The number of benzene rings is 2. The van der Waals surface area contributed by atoms with Crippen molar-refractivity contribution in [3.8, 4) is 5.75 Å². The molecule has 0 spiro atoms. The molecule has 0 aromatic heterocycles. The molecule has 2 aromatic carbocycles. The third kappa shape index (κ3) is 4.69. The van der Waals surface area contributed by atoms with E-state index in [0.717, 1.165) is 30.0 Å². The molecular formula is C17H16F4N2O3S. The molecule has 0 bridgehead atoms. The SMILES string of the molecule is O=S(=O)(c1ccc(OC(F)(F)F)cc1)N1CCN(c2ccc(F)cc2)CC1. The minimum atomic E-state index is -4.84. The molecule has 10 heteroatoms. The molecule has 1 aliphatic heterocycles. The van der Waals surface area contributed by atoms with Crippen LogP contribution in [-0.4, -0.2) is 45.3 Å². The smallest absolute Gasteiger partial charge is 0.406 e. The number of ether oxygens (including phenoxy) is 1. The van der Waals surface area contributed by atoms with Crippen LogP contribution < -0.4 is 9.64 Å². The number of nitrogens with zero attached hydrogens (tertiary/aromatic N) is 2. The van der Waals surface area contributed by atoms with Crippen LogP contribution in [0.15, 0.2) is 53.4 Å². The fourth-order valence-electron chi connectivity index (χ4n) is 2.80. The molecule has 5 nitrogen and oxygen atoms in total. The molecule has 27 heavy (non-hydrogen) atoms. The molecule has 2 aromatic rings. The summed E-state index contributed by atoms with van der Waals surface area (Å²) in [6, 6.07) is 10.0. The minimum absolute atomic E-state index is 0.104. The van der Waals surface area contributed by atoms with Gasteiger partial charge in [-0.15, -0.1) is 13.2 Å². The quantitative estimate of drug-likeness (QED) is 0.735. The first-order valence-electron chi connectivity index (χ1n) is 8.02. The van der Waals surface area contributed by atoms with Crippen LogP contribution in [0.1, 0.15) is 0 Å². The highest BCUT2D eigenvalue weighted by atomic mass is 32.2. The minimum Gasteiger partial charge on any atom is -0.406 e. The van der Waals surface area contributed by atoms with Gasteiger partial charge in [0.25, 0.3) is 0 Å². The first-order chi connectivity index (χ1) is 12.6. The maximum absolute atomic E-state index is 13.0. The molecule has 0 aliphatic carbocycles. The summed E-state index contributed by atoms with van der Waals surface area (Å²) in [7, 11) is -3.82. The second kappa shape index (κ2) is 7.35. The molecule has 0 unspecified atom stereocenters. The van der Waals surface area contributed by atoms with Crippen molar-refractivity contribution < 1.29 is 30.7 Å². The summed E-state index contributed by atoms with van der Waals surface area (Å²) in [4.78, 5) is 1.83. The largest absolute Gasteiger partial charge is 0.573 e. The Labute approximate surface area is 153 Å². The predicted molar refractivity (Wildman–Crippen MR) is 90.5 cm³/mol. The van der Waals surface area contributed by atoms with E-state index in [4.69, 9.17) is 0 Å². The van der Waals surface area contributed by atoms with E-state index in [-0.39, 0.29) is 23.8 Å². The Morgan fingerprint density at radius 2 is 1.41 bits per heavy atom. The molecule has 1 fully saturated rings. The van der Waals surface area contributed by atoms with Gasteiger partial charge in [-0.1, -0.05) is 0 Å². The second-order valence-corrected chi connectivity index (χ2v) is 7.82. The number of sulfonamides is 1. The maximum atomic E-state index is 13.0. The van der Waals surface area contributed by atoms with Gasteiger partial charge in [0.1, 0.15) is 11.6 Å². The Morgan fingerprint density at radius 3 is 1.93 bits per heavy atom. The molecule has 0 radical (unpaired) electrons. The lowest BCUT2D eigenvalue weighted by Gasteiger charge is -2.35. The number of alkyl halides is 3. The second-order valence-electron chi connectivity index (χ2n) is 5.89. The number of hydrogen-bond acceptors (Lipinski definition) is 4. The van der Waals surface area contributed by atoms with Crippen molar-refractivity contribution in [3.63, 3.8) is 0 Å². The predicted octanol–water partition coefficient (Wildman–Crippen LogP) is 3.24.